The molecule has 0 aliphatic rings. The van der Waals surface area contributed by atoms with Gasteiger partial charge in [0.05, 0.1) is 16.7 Å². The summed E-state index contributed by atoms with van der Waals surface area (Å²) in [6.45, 7) is 0. The lowest BCUT2D eigenvalue weighted by Crippen LogP contribution is -2.49. The van der Waals surface area contributed by atoms with Crippen molar-refractivity contribution in [2.75, 3.05) is 0 Å². The van der Waals surface area contributed by atoms with E-state index in [1.165, 1.54) is 30.3 Å². The quantitative estimate of drug-likeness (QED) is 0.179. The van der Waals surface area contributed by atoms with E-state index in [9.17, 15) is 61.9 Å². The van der Waals surface area contributed by atoms with Gasteiger partial charge < -0.3 is 10.1 Å². The predicted octanol–water partition coefficient (Wildman–Crippen LogP) is 9.29. The van der Waals surface area contributed by atoms with Crippen molar-refractivity contribution < 1.29 is 66.6 Å². The topological polar surface area (TPSA) is 38.3 Å². The van der Waals surface area contributed by atoms with Gasteiger partial charge in [-0.15, -0.1) is 0 Å². The number of carbonyl (C=O) groups excluding carboxylic acids is 1. The summed E-state index contributed by atoms with van der Waals surface area (Å²) in [7, 11) is 0. The summed E-state index contributed by atoms with van der Waals surface area (Å²) in [5.41, 5.74) is -8.67. The predicted molar refractivity (Wildman–Crippen MR) is 139 cm³/mol. The average molecular weight is 683 g/mol. The first-order valence-electron chi connectivity index (χ1n) is 13.0. The van der Waals surface area contributed by atoms with Gasteiger partial charge >= 0.3 is 24.9 Å². The molecule has 0 fully saturated rings. The van der Waals surface area contributed by atoms with Crippen LogP contribution in [0.5, 0.6) is 5.75 Å². The van der Waals surface area contributed by atoms with Gasteiger partial charge in [0.15, 0.2) is 0 Å². The molecule has 47 heavy (non-hydrogen) atoms. The maximum atomic E-state index is 15.0. The molecule has 0 saturated heterocycles. The van der Waals surface area contributed by atoms with E-state index in [0.717, 1.165) is 0 Å². The van der Waals surface area contributed by atoms with E-state index in [0.29, 0.717) is 30.3 Å². The second kappa shape index (κ2) is 12.8. The maximum Gasteiger partial charge on any atom is 0.461 e. The van der Waals surface area contributed by atoms with Gasteiger partial charge in [-0.1, -0.05) is 36.4 Å². The van der Waals surface area contributed by atoms with Crippen LogP contribution in [0.4, 0.5) is 57.1 Å². The van der Waals surface area contributed by atoms with E-state index in [1.54, 1.807) is 0 Å². The van der Waals surface area contributed by atoms with Crippen LogP contribution in [0.3, 0.4) is 0 Å². The molecule has 0 unspecified atom stereocenters. The smallest absolute Gasteiger partial charge is 0.428 e. The van der Waals surface area contributed by atoms with Crippen LogP contribution in [0.1, 0.15) is 38.2 Å². The second-order valence-corrected chi connectivity index (χ2v) is 10.0. The minimum atomic E-state index is -5.38. The highest BCUT2D eigenvalue weighted by Crippen LogP contribution is 2.41. The van der Waals surface area contributed by atoms with E-state index < -0.39 is 93.8 Å². The largest absolute Gasteiger partial charge is 0.461 e. The fourth-order valence-electron chi connectivity index (χ4n) is 4.69. The molecule has 0 heterocycles. The molecule has 250 valence electrons. The molecule has 0 aromatic heterocycles. The molecule has 1 amide bonds. The summed E-state index contributed by atoms with van der Waals surface area (Å²) in [6, 6.07) is 10.3. The second-order valence-electron chi connectivity index (χ2n) is 10.0. The van der Waals surface area contributed by atoms with Crippen molar-refractivity contribution in [1.82, 2.24) is 5.32 Å². The van der Waals surface area contributed by atoms with Crippen LogP contribution in [0.2, 0.25) is 0 Å². The lowest BCUT2D eigenvalue weighted by molar-refractivity contribution is -0.253. The SMILES string of the molecule is O=C(N[C@@](Cc1ccccc1)(c1cc(F)cc(OC(F)(F)C(F)F)c1)c1ccc(F)c(C(F)(F)F)c1)c1ccc(F)c(C(F)(F)F)c1. The molecular formula is C31H18F13NO2. The number of amides is 1. The van der Waals surface area contributed by atoms with Crippen LogP contribution in [-0.4, -0.2) is 18.4 Å². The Morgan fingerprint density at radius 2 is 1.26 bits per heavy atom. The van der Waals surface area contributed by atoms with E-state index in [1.807, 2.05) is 0 Å². The molecule has 0 aliphatic carbocycles. The normalized spacial score (nSPS) is 13.7. The molecule has 0 aliphatic heterocycles. The number of benzene rings is 4. The minimum Gasteiger partial charge on any atom is -0.428 e. The van der Waals surface area contributed by atoms with Gasteiger partial charge in [-0.2, -0.15) is 43.9 Å². The van der Waals surface area contributed by atoms with Crippen molar-refractivity contribution in [3.05, 3.63) is 136 Å². The van der Waals surface area contributed by atoms with E-state index in [4.69, 9.17) is 0 Å². The Kier molecular flexibility index (Phi) is 9.56. The van der Waals surface area contributed by atoms with Crippen molar-refractivity contribution >= 4 is 5.91 Å². The lowest BCUT2D eigenvalue weighted by Gasteiger charge is -2.37. The number of carbonyl (C=O) groups is 1. The molecule has 3 nitrogen and oxygen atoms in total. The first kappa shape index (κ1) is 35.1. The van der Waals surface area contributed by atoms with Crippen LogP contribution in [0.25, 0.3) is 0 Å². The van der Waals surface area contributed by atoms with Crippen LogP contribution in [0, 0.1) is 17.5 Å². The van der Waals surface area contributed by atoms with Gasteiger partial charge in [0.25, 0.3) is 5.91 Å². The van der Waals surface area contributed by atoms with Gasteiger partial charge in [-0.25, -0.2) is 13.2 Å². The third-order valence-corrected chi connectivity index (χ3v) is 6.81. The molecule has 16 heteroatoms. The highest BCUT2D eigenvalue weighted by molar-refractivity contribution is 5.95. The van der Waals surface area contributed by atoms with E-state index in [2.05, 4.69) is 10.1 Å². The molecular weight excluding hydrogens is 665 g/mol. The Morgan fingerprint density at radius 1 is 0.681 bits per heavy atom. The Balaban J connectivity index is 2.05. The lowest BCUT2D eigenvalue weighted by atomic mass is 9.77. The Labute approximate surface area is 256 Å². The van der Waals surface area contributed by atoms with Gasteiger partial charge in [-0.3, -0.25) is 4.79 Å². The Bertz CT molecular complexity index is 1760. The molecule has 1 atom stereocenters. The number of ether oxygens (including phenoxy) is 1. The fraction of sp³-hybridized carbons (Fsp3) is 0.194. The number of rotatable bonds is 9. The summed E-state index contributed by atoms with van der Waals surface area (Å²) >= 11 is 0. The van der Waals surface area contributed by atoms with Crippen molar-refractivity contribution in [3.8, 4) is 5.75 Å². The Hall–Kier alpha value is -4.76. The zero-order chi connectivity index (χ0) is 34.9. The number of nitrogens with one attached hydrogen (secondary N) is 1. The summed E-state index contributed by atoms with van der Waals surface area (Å²) in [5, 5.41) is 2.19. The number of hydrogen-bond acceptors (Lipinski definition) is 2. The number of alkyl halides is 10. The molecule has 1 N–H and O–H groups in total. The minimum absolute atomic E-state index is 0.0764. The summed E-state index contributed by atoms with van der Waals surface area (Å²) < 4.78 is 183. The van der Waals surface area contributed by atoms with Gasteiger partial charge in [0.2, 0.25) is 0 Å². The average Bonchev–Trinajstić information content (AvgIpc) is 2.96. The molecule has 0 spiro atoms. The molecule has 4 rings (SSSR count). The maximum absolute atomic E-state index is 15.0. The summed E-state index contributed by atoms with van der Waals surface area (Å²) in [4.78, 5) is 13.6. The molecule has 0 bridgehead atoms. The van der Waals surface area contributed by atoms with Crippen LogP contribution in [0.15, 0.2) is 84.9 Å². The third-order valence-electron chi connectivity index (χ3n) is 6.81. The highest BCUT2D eigenvalue weighted by atomic mass is 19.4. The third kappa shape index (κ3) is 7.80. The van der Waals surface area contributed by atoms with Gasteiger partial charge in [0, 0.05) is 18.1 Å². The number of halogens is 13. The molecule has 4 aromatic carbocycles. The molecule has 4 aromatic rings. The zero-order valence-corrected chi connectivity index (χ0v) is 23.1. The fourth-order valence-corrected chi connectivity index (χ4v) is 4.69. The van der Waals surface area contributed by atoms with Crippen molar-refractivity contribution in [1.29, 1.82) is 0 Å². The van der Waals surface area contributed by atoms with E-state index in [-0.39, 0.29) is 29.8 Å². The molecule has 0 radical (unpaired) electrons. The first-order valence-corrected chi connectivity index (χ1v) is 13.0. The zero-order valence-electron chi connectivity index (χ0n) is 23.1. The monoisotopic (exact) mass is 683 g/mol. The standard InChI is InChI=1S/C31H18F13NO2/c32-20-11-19(12-21(14-20)47-31(43,44)27(35)36)28(15-16-4-2-1-3-5-16,18-7-9-25(34)23(13-18)30(40,41)42)45-26(46)17-6-8-24(33)22(10-17)29(37,38)39/h1-14,27H,15H2,(H,45,46)/t28-/m1/s1. The number of hydrogen-bond donors (Lipinski definition) is 1. The van der Waals surface area contributed by atoms with Crippen molar-refractivity contribution in [3.63, 3.8) is 0 Å². The highest BCUT2D eigenvalue weighted by Gasteiger charge is 2.45. The van der Waals surface area contributed by atoms with Crippen LogP contribution < -0.4 is 10.1 Å². The first-order chi connectivity index (χ1) is 21.7. The van der Waals surface area contributed by atoms with E-state index >= 15 is 0 Å². The summed E-state index contributed by atoms with van der Waals surface area (Å²) in [6.07, 6.45) is -21.1. The van der Waals surface area contributed by atoms with Gasteiger partial charge in [0.1, 0.15) is 23.2 Å². The summed E-state index contributed by atoms with van der Waals surface area (Å²) in [5.74, 6) is -7.92. The van der Waals surface area contributed by atoms with Crippen molar-refractivity contribution in [2.24, 2.45) is 0 Å². The Morgan fingerprint density at radius 3 is 1.83 bits per heavy atom. The van der Waals surface area contributed by atoms with Crippen LogP contribution in [-0.2, 0) is 24.3 Å². The van der Waals surface area contributed by atoms with Crippen molar-refractivity contribution in [2.45, 2.75) is 36.8 Å². The van der Waals surface area contributed by atoms with Crippen LogP contribution >= 0.6 is 0 Å². The van der Waals surface area contributed by atoms with Gasteiger partial charge in [-0.05, 0) is 59.2 Å². The molecule has 0 saturated carbocycles.